The number of hydrogen-bond donors (Lipinski definition) is 2. The number of halogens is 1. The highest BCUT2D eigenvalue weighted by Crippen LogP contribution is 2.26. The highest BCUT2D eigenvalue weighted by Gasteiger charge is 2.28. The van der Waals surface area contributed by atoms with Gasteiger partial charge in [0.15, 0.2) is 0 Å². The van der Waals surface area contributed by atoms with Crippen LogP contribution in [-0.4, -0.2) is 29.8 Å². The van der Waals surface area contributed by atoms with Crippen LogP contribution in [-0.2, 0) is 14.3 Å². The van der Waals surface area contributed by atoms with Crippen LogP contribution in [0.4, 0.5) is 15.8 Å². The minimum Gasteiger partial charge on any atom is -0.459 e. The largest absolute Gasteiger partial charge is 0.459 e. The summed E-state index contributed by atoms with van der Waals surface area (Å²) in [5.74, 6) is -0.960. The number of anilines is 2. The van der Waals surface area contributed by atoms with Crippen molar-refractivity contribution in [2.24, 2.45) is 0 Å². The van der Waals surface area contributed by atoms with Crippen molar-refractivity contribution < 1.29 is 23.5 Å². The van der Waals surface area contributed by atoms with Gasteiger partial charge in [-0.3, -0.25) is 0 Å². The van der Waals surface area contributed by atoms with Crippen LogP contribution < -0.4 is 11.5 Å². The van der Waals surface area contributed by atoms with Gasteiger partial charge in [-0.2, -0.15) is 0 Å². The van der Waals surface area contributed by atoms with Crippen LogP contribution in [0.5, 0.6) is 0 Å². The van der Waals surface area contributed by atoms with Gasteiger partial charge in [0.25, 0.3) is 0 Å². The minimum atomic E-state index is -1.59. The summed E-state index contributed by atoms with van der Waals surface area (Å²) in [5.41, 5.74) is 11.3. The Labute approximate surface area is 169 Å². The molecular weight excluding hydrogens is 375 g/mol. The van der Waals surface area contributed by atoms with Crippen molar-refractivity contribution in [2.45, 2.75) is 50.5 Å². The Bertz CT molecular complexity index is 861. The fraction of sp³-hybridized carbons (Fsp3) is 0.364. The van der Waals surface area contributed by atoms with E-state index in [4.69, 9.17) is 20.9 Å². The third kappa shape index (κ3) is 5.70. The summed E-state index contributed by atoms with van der Waals surface area (Å²) in [6.07, 6.45) is 8.98. The summed E-state index contributed by atoms with van der Waals surface area (Å²) >= 11 is 0. The number of ether oxygens (including phenoxy) is 2. The Hall–Kier alpha value is -3.09. The summed E-state index contributed by atoms with van der Waals surface area (Å²) in [6, 6.07) is 4.62. The van der Waals surface area contributed by atoms with Crippen molar-refractivity contribution in [3.05, 3.63) is 59.7 Å². The Morgan fingerprint density at radius 3 is 2.10 bits per heavy atom. The lowest BCUT2D eigenvalue weighted by molar-refractivity contribution is -0.146. The molecule has 1 atom stereocenters. The number of rotatable bonds is 4. The molecule has 154 valence electrons. The number of hydrogen-bond acceptors (Lipinski definition) is 6. The average Bonchev–Trinajstić information content (AvgIpc) is 2.83. The Kier molecular flexibility index (Phi) is 6.06. The Morgan fingerprint density at radius 1 is 0.966 bits per heavy atom. The van der Waals surface area contributed by atoms with Gasteiger partial charge in [-0.25, -0.2) is 14.0 Å². The molecule has 0 amide bonds. The third-order valence-corrected chi connectivity index (χ3v) is 4.90. The lowest BCUT2D eigenvalue weighted by Gasteiger charge is -2.28. The van der Waals surface area contributed by atoms with Crippen molar-refractivity contribution in [3.8, 4) is 0 Å². The fourth-order valence-corrected chi connectivity index (χ4v) is 3.34. The number of esters is 2. The van der Waals surface area contributed by atoms with E-state index in [0.717, 1.165) is 0 Å². The van der Waals surface area contributed by atoms with E-state index in [1.54, 1.807) is 6.07 Å². The van der Waals surface area contributed by atoms with E-state index in [0.29, 0.717) is 48.2 Å². The number of carbonyl (C=O) groups is 2. The zero-order valence-corrected chi connectivity index (χ0v) is 16.3. The molecule has 1 fully saturated rings. The average molecular weight is 400 g/mol. The third-order valence-electron chi connectivity index (χ3n) is 4.90. The molecule has 2 aliphatic carbocycles. The van der Waals surface area contributed by atoms with E-state index in [9.17, 15) is 14.0 Å². The summed E-state index contributed by atoms with van der Waals surface area (Å²) < 4.78 is 25.0. The molecule has 1 aromatic rings. The molecule has 6 nitrogen and oxygen atoms in total. The maximum atomic E-state index is 13.9. The smallest absolute Gasteiger partial charge is 0.338 e. The lowest BCUT2D eigenvalue weighted by Crippen LogP contribution is -2.30. The maximum Gasteiger partial charge on any atom is 0.338 e. The van der Waals surface area contributed by atoms with Gasteiger partial charge in [0.1, 0.15) is 17.9 Å². The van der Waals surface area contributed by atoms with Gasteiger partial charge in [-0.1, -0.05) is 6.08 Å². The van der Waals surface area contributed by atoms with Crippen molar-refractivity contribution in [1.82, 2.24) is 0 Å². The quantitative estimate of drug-likeness (QED) is 0.591. The summed E-state index contributed by atoms with van der Waals surface area (Å²) in [5, 5.41) is 0. The maximum absolute atomic E-state index is 13.9. The molecular formula is C22H25FN2O4. The van der Waals surface area contributed by atoms with Crippen molar-refractivity contribution in [1.29, 1.82) is 0 Å². The number of alkyl halides is 1. The first-order chi connectivity index (χ1) is 13.7. The molecule has 2 aliphatic rings. The highest BCUT2D eigenvalue weighted by atomic mass is 19.1. The SMILES string of the molecule is CC1(F)C=CC=C(C(=O)OC2CCC(OC(=O)c3cc(N)cc(N)c3)CC2)C=C1. The minimum absolute atomic E-state index is 0.257. The van der Waals surface area contributed by atoms with Gasteiger partial charge in [0.05, 0.1) is 11.1 Å². The van der Waals surface area contributed by atoms with Gasteiger partial charge < -0.3 is 20.9 Å². The molecule has 1 saturated carbocycles. The molecule has 4 N–H and O–H groups in total. The lowest BCUT2D eigenvalue weighted by atomic mass is 9.94. The number of nitrogens with two attached hydrogens (primary N) is 2. The standard InChI is InChI=1S/C22H25FN2O4/c1-22(23)9-2-3-14(8-10-22)20(26)28-18-4-6-19(7-5-18)29-21(27)15-11-16(24)13-17(25)12-15/h2-3,8-13,18-19H,4-7,24-25H2,1H3. The molecule has 3 rings (SSSR count). The van der Waals surface area contributed by atoms with Gasteiger partial charge >= 0.3 is 11.9 Å². The number of allylic oxidation sites excluding steroid dienone is 4. The topological polar surface area (TPSA) is 105 Å². The first-order valence-corrected chi connectivity index (χ1v) is 9.57. The molecule has 29 heavy (non-hydrogen) atoms. The second-order valence-corrected chi connectivity index (χ2v) is 7.56. The summed E-state index contributed by atoms with van der Waals surface area (Å²) in [6.45, 7) is 1.41. The predicted molar refractivity (Wildman–Crippen MR) is 109 cm³/mol. The summed E-state index contributed by atoms with van der Waals surface area (Å²) in [7, 11) is 0. The number of carbonyl (C=O) groups excluding carboxylic acids is 2. The van der Waals surface area contributed by atoms with Crippen LogP contribution in [0.15, 0.2) is 54.2 Å². The zero-order valence-electron chi connectivity index (χ0n) is 16.3. The van der Waals surface area contributed by atoms with Gasteiger partial charge in [0, 0.05) is 11.4 Å². The van der Waals surface area contributed by atoms with E-state index in [1.807, 2.05) is 0 Å². The molecule has 1 aromatic carbocycles. The molecule has 0 heterocycles. The molecule has 0 spiro atoms. The van der Waals surface area contributed by atoms with E-state index >= 15 is 0 Å². The predicted octanol–water partition coefficient (Wildman–Crippen LogP) is 3.64. The molecule has 0 radical (unpaired) electrons. The van der Waals surface area contributed by atoms with Gasteiger partial charge in [0.2, 0.25) is 0 Å². The number of nitrogen functional groups attached to an aromatic ring is 2. The first-order valence-electron chi connectivity index (χ1n) is 9.57. The number of benzene rings is 1. The highest BCUT2D eigenvalue weighted by molar-refractivity contribution is 5.92. The van der Waals surface area contributed by atoms with Crippen LogP contribution in [0.1, 0.15) is 43.0 Å². The molecule has 0 bridgehead atoms. The van der Waals surface area contributed by atoms with E-state index < -0.39 is 17.6 Å². The Morgan fingerprint density at radius 2 is 1.52 bits per heavy atom. The normalized spacial score (nSPS) is 26.3. The van der Waals surface area contributed by atoms with Gasteiger partial charge in [-0.15, -0.1) is 0 Å². The van der Waals surface area contributed by atoms with Crippen LogP contribution in [0.25, 0.3) is 0 Å². The van der Waals surface area contributed by atoms with Crippen LogP contribution in [0, 0.1) is 0 Å². The molecule has 0 saturated heterocycles. The monoisotopic (exact) mass is 400 g/mol. The summed E-state index contributed by atoms with van der Waals surface area (Å²) in [4.78, 5) is 24.6. The van der Waals surface area contributed by atoms with Crippen LogP contribution in [0.2, 0.25) is 0 Å². The van der Waals surface area contributed by atoms with E-state index in [2.05, 4.69) is 0 Å². The molecule has 7 heteroatoms. The first kappa shape index (κ1) is 20.6. The molecule has 0 aromatic heterocycles. The van der Waals surface area contributed by atoms with E-state index in [-0.39, 0.29) is 12.2 Å². The fourth-order valence-electron chi connectivity index (χ4n) is 3.34. The van der Waals surface area contributed by atoms with Crippen LogP contribution >= 0.6 is 0 Å². The van der Waals surface area contributed by atoms with E-state index in [1.165, 1.54) is 49.4 Å². The Balaban J connectivity index is 1.49. The van der Waals surface area contributed by atoms with Gasteiger partial charge in [-0.05, 0) is 75.1 Å². The molecule has 1 unspecified atom stereocenters. The second kappa shape index (κ2) is 8.51. The van der Waals surface area contributed by atoms with Crippen LogP contribution in [0.3, 0.4) is 0 Å². The van der Waals surface area contributed by atoms with Crippen molar-refractivity contribution in [2.75, 3.05) is 11.5 Å². The zero-order chi connectivity index (χ0) is 21.0. The van der Waals surface area contributed by atoms with Crippen molar-refractivity contribution >= 4 is 23.3 Å². The van der Waals surface area contributed by atoms with Crippen molar-refractivity contribution in [3.63, 3.8) is 0 Å². The molecule has 0 aliphatic heterocycles. The second-order valence-electron chi connectivity index (χ2n) is 7.56.